The second-order valence-electron chi connectivity index (χ2n) is 10.7. The summed E-state index contributed by atoms with van der Waals surface area (Å²) >= 11 is 0. The second-order valence-corrected chi connectivity index (χ2v) is 10.7. The number of hydrogen-bond donors (Lipinski definition) is 0. The molecule has 0 spiro atoms. The van der Waals surface area contributed by atoms with Gasteiger partial charge in [0.25, 0.3) is 0 Å². The largest absolute Gasteiger partial charge is 0.444 e. The number of piperidine rings is 1. The number of alkyl halides is 3. The number of amides is 2. The van der Waals surface area contributed by atoms with Gasteiger partial charge in [0.15, 0.2) is 0 Å². The highest BCUT2D eigenvalue weighted by Gasteiger charge is 2.39. The monoisotopic (exact) mass is 504 g/mol. The average molecular weight is 505 g/mol. The zero-order valence-corrected chi connectivity index (χ0v) is 21.8. The first-order valence-corrected chi connectivity index (χ1v) is 12.1. The standard InChI is InChI=1S/C28H35F3N2O3/c1-18-13-20(15-21(14-18)28(29,30)31)16-32(6)25(34)23-11-12-33(26(35)36-27(3,4)5)17-24(23)22-10-8-7-9-19(22)2/h7-10,13-15,23-24H,11-12,16-17H2,1-6H3/t23-,24+/m0/s1. The Labute approximate surface area is 211 Å². The number of halogens is 3. The van der Waals surface area contributed by atoms with E-state index in [0.717, 1.165) is 23.3 Å². The van der Waals surface area contributed by atoms with E-state index in [-0.39, 0.29) is 18.4 Å². The van der Waals surface area contributed by atoms with Crippen LogP contribution in [0.5, 0.6) is 0 Å². The van der Waals surface area contributed by atoms with E-state index in [2.05, 4.69) is 0 Å². The molecule has 0 aliphatic carbocycles. The molecule has 0 N–H and O–H groups in total. The summed E-state index contributed by atoms with van der Waals surface area (Å²) in [6.45, 7) is 9.77. The van der Waals surface area contributed by atoms with E-state index >= 15 is 0 Å². The van der Waals surface area contributed by atoms with Gasteiger partial charge < -0.3 is 14.5 Å². The van der Waals surface area contributed by atoms with Gasteiger partial charge in [0.1, 0.15) is 5.60 Å². The van der Waals surface area contributed by atoms with E-state index in [1.165, 1.54) is 4.90 Å². The molecule has 5 nitrogen and oxygen atoms in total. The van der Waals surface area contributed by atoms with Gasteiger partial charge in [-0.2, -0.15) is 13.2 Å². The Bertz CT molecular complexity index is 1110. The predicted octanol–water partition coefficient (Wildman–Crippen LogP) is 6.32. The van der Waals surface area contributed by atoms with Crippen LogP contribution in [-0.4, -0.2) is 47.5 Å². The van der Waals surface area contributed by atoms with Gasteiger partial charge in [0.2, 0.25) is 5.91 Å². The van der Waals surface area contributed by atoms with Crippen LogP contribution in [0.3, 0.4) is 0 Å². The summed E-state index contributed by atoms with van der Waals surface area (Å²) in [5, 5.41) is 0. The molecule has 0 unspecified atom stereocenters. The van der Waals surface area contributed by atoms with E-state index in [1.807, 2.05) is 52.0 Å². The molecule has 1 aliphatic rings. The number of carbonyl (C=O) groups is 2. The first-order valence-electron chi connectivity index (χ1n) is 12.1. The lowest BCUT2D eigenvalue weighted by Crippen LogP contribution is -2.49. The summed E-state index contributed by atoms with van der Waals surface area (Å²) < 4.78 is 45.4. The van der Waals surface area contributed by atoms with E-state index in [1.54, 1.807) is 24.9 Å². The maximum Gasteiger partial charge on any atom is 0.416 e. The van der Waals surface area contributed by atoms with E-state index in [4.69, 9.17) is 4.74 Å². The van der Waals surface area contributed by atoms with Crippen LogP contribution in [0.2, 0.25) is 0 Å². The summed E-state index contributed by atoms with van der Waals surface area (Å²) in [6.07, 6.45) is -4.43. The van der Waals surface area contributed by atoms with Crippen LogP contribution >= 0.6 is 0 Å². The number of ether oxygens (including phenoxy) is 1. The topological polar surface area (TPSA) is 49.9 Å². The van der Waals surface area contributed by atoms with Crippen LogP contribution in [0, 0.1) is 19.8 Å². The Balaban J connectivity index is 1.85. The minimum atomic E-state index is -4.45. The fourth-order valence-corrected chi connectivity index (χ4v) is 4.81. The van der Waals surface area contributed by atoms with E-state index < -0.39 is 29.4 Å². The van der Waals surface area contributed by atoms with Crippen LogP contribution in [0.25, 0.3) is 0 Å². The molecule has 2 amide bonds. The number of carbonyl (C=O) groups excluding carboxylic acids is 2. The normalized spacial score (nSPS) is 18.6. The van der Waals surface area contributed by atoms with Crippen molar-refractivity contribution in [2.45, 2.75) is 65.3 Å². The molecular formula is C28H35F3N2O3. The first-order chi connectivity index (χ1) is 16.7. The van der Waals surface area contributed by atoms with Crippen LogP contribution < -0.4 is 0 Å². The van der Waals surface area contributed by atoms with Gasteiger partial charge in [-0.1, -0.05) is 35.9 Å². The van der Waals surface area contributed by atoms with Crippen molar-refractivity contribution < 1.29 is 27.5 Å². The molecular weight excluding hydrogens is 469 g/mol. The third-order valence-electron chi connectivity index (χ3n) is 6.43. The molecule has 2 atom stereocenters. The molecule has 2 aromatic rings. The molecule has 36 heavy (non-hydrogen) atoms. The molecule has 1 saturated heterocycles. The van der Waals surface area contributed by atoms with Crippen molar-refractivity contribution in [3.05, 3.63) is 70.3 Å². The SMILES string of the molecule is Cc1cc(CN(C)C(=O)[C@H]2CCN(C(=O)OC(C)(C)C)C[C@@H]2c2ccccc2C)cc(C(F)(F)F)c1. The predicted molar refractivity (Wildman–Crippen MR) is 132 cm³/mol. The number of aryl methyl sites for hydroxylation is 2. The Kier molecular flexibility index (Phi) is 8.06. The molecule has 1 fully saturated rings. The fraction of sp³-hybridized carbons (Fsp3) is 0.500. The van der Waals surface area contributed by atoms with Crippen molar-refractivity contribution >= 4 is 12.0 Å². The average Bonchev–Trinajstić information content (AvgIpc) is 2.76. The highest BCUT2D eigenvalue weighted by molar-refractivity contribution is 5.80. The van der Waals surface area contributed by atoms with Crippen molar-refractivity contribution in [2.75, 3.05) is 20.1 Å². The third kappa shape index (κ3) is 6.80. The van der Waals surface area contributed by atoms with Gasteiger partial charge in [0, 0.05) is 38.5 Å². The van der Waals surface area contributed by atoms with Gasteiger partial charge in [-0.25, -0.2) is 4.79 Å². The minimum absolute atomic E-state index is 0.0658. The van der Waals surface area contributed by atoms with E-state index in [0.29, 0.717) is 30.6 Å². The van der Waals surface area contributed by atoms with Gasteiger partial charge in [-0.3, -0.25) is 4.79 Å². The molecule has 0 saturated carbocycles. The molecule has 0 radical (unpaired) electrons. The fourth-order valence-electron chi connectivity index (χ4n) is 4.81. The zero-order valence-electron chi connectivity index (χ0n) is 21.8. The smallest absolute Gasteiger partial charge is 0.416 e. The summed E-state index contributed by atoms with van der Waals surface area (Å²) in [4.78, 5) is 29.6. The first kappa shape index (κ1) is 27.6. The van der Waals surface area contributed by atoms with Crippen LogP contribution in [0.15, 0.2) is 42.5 Å². The summed E-state index contributed by atoms with van der Waals surface area (Å²) in [5.41, 5.74) is 1.56. The van der Waals surface area contributed by atoms with Crippen molar-refractivity contribution in [1.82, 2.24) is 9.80 Å². The highest BCUT2D eigenvalue weighted by atomic mass is 19.4. The quantitative estimate of drug-likeness (QED) is 0.490. The molecule has 8 heteroatoms. The Morgan fingerprint density at radius 1 is 1.08 bits per heavy atom. The molecule has 3 rings (SSSR count). The van der Waals surface area contributed by atoms with Gasteiger partial charge in [-0.05, 0) is 69.9 Å². The van der Waals surface area contributed by atoms with Crippen LogP contribution in [-0.2, 0) is 22.3 Å². The van der Waals surface area contributed by atoms with Crippen molar-refractivity contribution in [1.29, 1.82) is 0 Å². The lowest BCUT2D eigenvalue weighted by molar-refractivity contribution is -0.137. The van der Waals surface area contributed by atoms with Gasteiger partial charge in [-0.15, -0.1) is 0 Å². The summed E-state index contributed by atoms with van der Waals surface area (Å²) in [5.74, 6) is -0.825. The lowest BCUT2D eigenvalue weighted by Gasteiger charge is -2.40. The molecule has 2 aromatic carbocycles. The van der Waals surface area contributed by atoms with Crippen molar-refractivity contribution in [3.8, 4) is 0 Å². The third-order valence-corrected chi connectivity index (χ3v) is 6.43. The van der Waals surface area contributed by atoms with Crippen molar-refractivity contribution in [3.63, 3.8) is 0 Å². The van der Waals surface area contributed by atoms with Gasteiger partial charge in [0.05, 0.1) is 5.56 Å². The number of benzene rings is 2. The van der Waals surface area contributed by atoms with Crippen molar-refractivity contribution in [2.24, 2.45) is 5.92 Å². The number of likely N-dealkylation sites (tertiary alicyclic amines) is 1. The summed E-state index contributed by atoms with van der Waals surface area (Å²) in [7, 11) is 1.62. The van der Waals surface area contributed by atoms with Crippen LogP contribution in [0.4, 0.5) is 18.0 Å². The minimum Gasteiger partial charge on any atom is -0.444 e. The summed E-state index contributed by atoms with van der Waals surface area (Å²) in [6, 6.07) is 11.6. The maximum atomic E-state index is 13.6. The number of nitrogens with zero attached hydrogens (tertiary/aromatic N) is 2. The molecule has 196 valence electrons. The Hall–Kier alpha value is -3.03. The van der Waals surface area contributed by atoms with Crippen LogP contribution in [0.1, 0.15) is 60.9 Å². The number of rotatable bonds is 4. The Morgan fingerprint density at radius 3 is 2.36 bits per heavy atom. The Morgan fingerprint density at radius 2 is 1.75 bits per heavy atom. The lowest BCUT2D eigenvalue weighted by atomic mass is 9.78. The number of hydrogen-bond acceptors (Lipinski definition) is 3. The van der Waals surface area contributed by atoms with E-state index in [9.17, 15) is 22.8 Å². The molecule has 0 bridgehead atoms. The zero-order chi connectivity index (χ0) is 26.8. The molecule has 1 heterocycles. The highest BCUT2D eigenvalue weighted by Crippen LogP contribution is 2.36. The second kappa shape index (κ2) is 10.5. The molecule has 1 aliphatic heterocycles. The maximum absolute atomic E-state index is 13.6. The molecule has 0 aromatic heterocycles. The van der Waals surface area contributed by atoms with Gasteiger partial charge >= 0.3 is 12.3 Å².